The van der Waals surface area contributed by atoms with Crippen molar-refractivity contribution < 1.29 is 14.4 Å². The summed E-state index contributed by atoms with van der Waals surface area (Å²) >= 11 is 3.50. The first kappa shape index (κ1) is 22.0. The summed E-state index contributed by atoms with van der Waals surface area (Å²) in [7, 11) is 0. The first-order valence-corrected chi connectivity index (χ1v) is 11.0. The summed E-state index contributed by atoms with van der Waals surface area (Å²) in [6.07, 6.45) is 1.78. The fourth-order valence-electron chi connectivity index (χ4n) is 3.34. The van der Waals surface area contributed by atoms with Crippen molar-refractivity contribution in [2.24, 2.45) is 4.99 Å². The molecule has 4 rings (SSSR count). The molecular formula is C24H22BrN3O4. The van der Waals surface area contributed by atoms with Crippen LogP contribution in [-0.4, -0.2) is 37.4 Å². The highest BCUT2D eigenvalue weighted by molar-refractivity contribution is 9.10. The number of benzene rings is 3. The number of nitro benzene ring substituents is 1. The number of aliphatic imine (C=N–C) groups is 1. The smallest absolute Gasteiger partial charge is 0.269 e. The lowest BCUT2D eigenvalue weighted by atomic mass is 10.2. The largest absolute Gasteiger partial charge is 0.488 e. The van der Waals surface area contributed by atoms with Gasteiger partial charge in [0, 0.05) is 47.2 Å². The molecule has 3 aromatic rings. The van der Waals surface area contributed by atoms with Gasteiger partial charge >= 0.3 is 0 Å². The minimum atomic E-state index is -0.415. The average molecular weight is 496 g/mol. The van der Waals surface area contributed by atoms with Crippen molar-refractivity contribution in [3.63, 3.8) is 0 Å². The van der Waals surface area contributed by atoms with Gasteiger partial charge in [-0.2, -0.15) is 0 Å². The third-order valence-electron chi connectivity index (χ3n) is 5.09. The molecule has 0 atom stereocenters. The molecule has 8 heteroatoms. The van der Waals surface area contributed by atoms with Crippen molar-refractivity contribution in [3.8, 4) is 5.75 Å². The predicted molar refractivity (Wildman–Crippen MR) is 128 cm³/mol. The van der Waals surface area contributed by atoms with Crippen molar-refractivity contribution >= 4 is 39.2 Å². The number of hydrogen-bond acceptors (Lipinski definition) is 6. The zero-order valence-electron chi connectivity index (χ0n) is 17.3. The molecule has 7 nitrogen and oxygen atoms in total. The zero-order valence-corrected chi connectivity index (χ0v) is 18.9. The highest BCUT2D eigenvalue weighted by atomic mass is 79.9. The van der Waals surface area contributed by atoms with Gasteiger partial charge in [-0.05, 0) is 60.2 Å². The molecule has 1 heterocycles. The van der Waals surface area contributed by atoms with Crippen LogP contribution in [0.4, 0.5) is 17.1 Å². The molecule has 0 aliphatic carbocycles. The van der Waals surface area contributed by atoms with E-state index in [9.17, 15) is 10.1 Å². The van der Waals surface area contributed by atoms with E-state index in [1.807, 2.05) is 30.3 Å². The summed E-state index contributed by atoms with van der Waals surface area (Å²) < 4.78 is 12.3. The predicted octanol–water partition coefficient (Wildman–Crippen LogP) is 5.52. The van der Waals surface area contributed by atoms with Crippen molar-refractivity contribution in [1.82, 2.24) is 0 Å². The molecule has 0 unspecified atom stereocenters. The van der Waals surface area contributed by atoms with Gasteiger partial charge in [0.2, 0.25) is 0 Å². The van der Waals surface area contributed by atoms with Crippen LogP contribution in [0.3, 0.4) is 0 Å². The van der Waals surface area contributed by atoms with Crippen LogP contribution < -0.4 is 9.64 Å². The van der Waals surface area contributed by atoms with Gasteiger partial charge < -0.3 is 14.4 Å². The lowest BCUT2D eigenvalue weighted by Crippen LogP contribution is -2.36. The topological polar surface area (TPSA) is 77.2 Å². The van der Waals surface area contributed by atoms with Crippen molar-refractivity contribution in [2.75, 3.05) is 31.2 Å². The molecule has 0 amide bonds. The van der Waals surface area contributed by atoms with Crippen LogP contribution in [0.25, 0.3) is 0 Å². The van der Waals surface area contributed by atoms with Crippen molar-refractivity contribution in [2.45, 2.75) is 6.61 Å². The Bertz CT molecular complexity index is 1100. The fourth-order valence-corrected chi connectivity index (χ4v) is 3.72. The molecule has 0 aromatic heterocycles. The number of rotatable bonds is 7. The number of hydrogen-bond donors (Lipinski definition) is 0. The Morgan fingerprint density at radius 1 is 1.06 bits per heavy atom. The van der Waals surface area contributed by atoms with Gasteiger partial charge in [0.05, 0.1) is 23.8 Å². The number of halogens is 1. The Morgan fingerprint density at radius 2 is 1.78 bits per heavy atom. The molecule has 1 aliphatic heterocycles. The Kier molecular flexibility index (Phi) is 7.14. The SMILES string of the molecule is O=[N+]([O-])c1ccc(COc2ccc(Br)cc2C=Nc2ccc(N3CCOCC3)cc2)cc1. The van der Waals surface area contributed by atoms with E-state index in [4.69, 9.17) is 9.47 Å². The second-order valence-electron chi connectivity index (χ2n) is 7.27. The zero-order chi connectivity index (χ0) is 22.3. The molecule has 0 saturated carbocycles. The van der Waals surface area contributed by atoms with E-state index < -0.39 is 4.92 Å². The summed E-state index contributed by atoms with van der Waals surface area (Å²) in [5.41, 5.74) is 3.76. The maximum absolute atomic E-state index is 10.8. The Balaban J connectivity index is 1.44. The minimum Gasteiger partial charge on any atom is -0.488 e. The van der Waals surface area contributed by atoms with Gasteiger partial charge in [-0.3, -0.25) is 15.1 Å². The fraction of sp³-hybridized carbons (Fsp3) is 0.208. The van der Waals surface area contributed by atoms with Crippen LogP contribution in [0.5, 0.6) is 5.75 Å². The number of morpholine rings is 1. The van der Waals surface area contributed by atoms with E-state index in [0.717, 1.165) is 47.6 Å². The van der Waals surface area contributed by atoms with Crippen LogP contribution >= 0.6 is 15.9 Å². The molecule has 1 aliphatic rings. The number of non-ortho nitro benzene ring substituents is 1. The van der Waals surface area contributed by atoms with Gasteiger partial charge in [-0.1, -0.05) is 15.9 Å². The second-order valence-corrected chi connectivity index (χ2v) is 8.18. The Hall–Kier alpha value is -3.23. The number of nitrogens with zero attached hydrogens (tertiary/aromatic N) is 3. The summed E-state index contributed by atoms with van der Waals surface area (Å²) in [5, 5.41) is 10.8. The number of nitro groups is 1. The molecule has 0 spiro atoms. The molecule has 32 heavy (non-hydrogen) atoms. The second kappa shape index (κ2) is 10.4. The molecular weight excluding hydrogens is 474 g/mol. The van der Waals surface area contributed by atoms with E-state index in [0.29, 0.717) is 12.4 Å². The van der Waals surface area contributed by atoms with Gasteiger partial charge in [0.15, 0.2) is 0 Å². The molecule has 1 fully saturated rings. The van der Waals surface area contributed by atoms with Crippen molar-refractivity contribution in [3.05, 3.63) is 92.4 Å². The quantitative estimate of drug-likeness (QED) is 0.245. The lowest BCUT2D eigenvalue weighted by Gasteiger charge is -2.28. The van der Waals surface area contributed by atoms with Crippen LogP contribution in [-0.2, 0) is 11.3 Å². The maximum atomic E-state index is 10.8. The lowest BCUT2D eigenvalue weighted by molar-refractivity contribution is -0.384. The molecule has 1 saturated heterocycles. The van der Waals surface area contributed by atoms with Crippen LogP contribution in [0.15, 0.2) is 76.2 Å². The third kappa shape index (κ3) is 5.72. The van der Waals surface area contributed by atoms with Gasteiger partial charge in [-0.25, -0.2) is 0 Å². The Labute approximate surface area is 194 Å². The average Bonchev–Trinajstić information content (AvgIpc) is 2.83. The standard InChI is InChI=1S/C24H22BrN3O4/c25-20-3-10-24(32-17-18-1-6-23(7-2-18)28(29)30)19(15-20)16-26-21-4-8-22(9-5-21)27-11-13-31-14-12-27/h1-10,15-16H,11-14,17H2. The number of anilines is 1. The van der Waals surface area contributed by atoms with E-state index in [1.165, 1.54) is 17.8 Å². The Morgan fingerprint density at radius 3 is 2.47 bits per heavy atom. The van der Waals surface area contributed by atoms with Crippen LogP contribution in [0, 0.1) is 10.1 Å². The summed E-state index contributed by atoms with van der Waals surface area (Å²) in [5.74, 6) is 0.681. The monoisotopic (exact) mass is 495 g/mol. The van der Waals surface area contributed by atoms with Crippen molar-refractivity contribution in [1.29, 1.82) is 0 Å². The highest BCUT2D eigenvalue weighted by Gasteiger charge is 2.11. The number of ether oxygens (including phenoxy) is 2. The van der Waals surface area contributed by atoms with E-state index in [2.05, 4.69) is 38.0 Å². The minimum absolute atomic E-state index is 0.0600. The van der Waals surface area contributed by atoms with Gasteiger partial charge in [-0.15, -0.1) is 0 Å². The maximum Gasteiger partial charge on any atom is 0.269 e. The molecule has 0 bridgehead atoms. The van der Waals surface area contributed by atoms with Crippen LogP contribution in [0.2, 0.25) is 0 Å². The van der Waals surface area contributed by atoms with E-state index >= 15 is 0 Å². The molecule has 0 radical (unpaired) electrons. The third-order valence-corrected chi connectivity index (χ3v) is 5.59. The molecule has 164 valence electrons. The highest BCUT2D eigenvalue weighted by Crippen LogP contribution is 2.25. The van der Waals surface area contributed by atoms with Crippen LogP contribution in [0.1, 0.15) is 11.1 Å². The first-order valence-electron chi connectivity index (χ1n) is 10.2. The van der Waals surface area contributed by atoms with Gasteiger partial charge in [0.25, 0.3) is 5.69 Å². The summed E-state index contributed by atoms with van der Waals surface area (Å²) in [4.78, 5) is 17.3. The van der Waals surface area contributed by atoms with Gasteiger partial charge in [0.1, 0.15) is 12.4 Å². The normalized spacial score (nSPS) is 14.0. The summed E-state index contributed by atoms with van der Waals surface area (Å²) in [6, 6.07) is 20.2. The molecule has 3 aromatic carbocycles. The molecule has 0 N–H and O–H groups in total. The summed E-state index contributed by atoms with van der Waals surface area (Å²) in [6.45, 7) is 3.61. The van der Waals surface area contributed by atoms with E-state index in [-0.39, 0.29) is 5.69 Å². The van der Waals surface area contributed by atoms with E-state index in [1.54, 1.807) is 18.3 Å². The first-order chi connectivity index (χ1) is 15.6.